The van der Waals surface area contributed by atoms with Gasteiger partial charge in [-0.05, 0) is 38.0 Å². The highest BCUT2D eigenvalue weighted by Gasteiger charge is 2.31. The largest absolute Gasteiger partial charge is 0.480 e. The van der Waals surface area contributed by atoms with Gasteiger partial charge in [0, 0.05) is 13.1 Å². The highest BCUT2D eigenvalue weighted by Crippen LogP contribution is 2.08. The first-order chi connectivity index (χ1) is 18.1. The molecule has 0 saturated heterocycles. The first-order valence-electron chi connectivity index (χ1n) is 12.4. The standard InChI is InChI=1S/C22H43N11O6/c1-11(2)9-14(18(36)31-13(20(38)39)6-4-8-30-22(27)28)33-19(37)15(10-16(24)34)32-17(35)12(23)5-3-7-29-21(25)26/h11-15H,3-10,23H2,1-2H3,(H2,24,34)(H,31,36)(H,32,35)(H,33,37)(H,38,39)(H4,25,26,29)(H4,27,28,30). The molecule has 0 spiro atoms. The molecule has 17 heteroatoms. The predicted molar refractivity (Wildman–Crippen MR) is 144 cm³/mol. The van der Waals surface area contributed by atoms with Crippen LogP contribution in [0.1, 0.15) is 52.4 Å². The van der Waals surface area contributed by atoms with Crippen LogP contribution in [0.3, 0.4) is 0 Å². The molecule has 0 bridgehead atoms. The molecule has 4 amide bonds. The zero-order chi connectivity index (χ0) is 30.1. The number of carboxylic acid groups (broad SMARTS) is 1. The molecule has 0 rings (SSSR count). The highest BCUT2D eigenvalue weighted by atomic mass is 16.4. The smallest absolute Gasteiger partial charge is 0.326 e. The number of carboxylic acids is 1. The van der Waals surface area contributed by atoms with E-state index in [9.17, 15) is 29.1 Å². The van der Waals surface area contributed by atoms with Gasteiger partial charge < -0.3 is 55.5 Å². The molecular weight excluding hydrogens is 514 g/mol. The number of rotatable bonds is 19. The molecule has 17 nitrogen and oxygen atoms in total. The molecule has 0 aromatic carbocycles. The van der Waals surface area contributed by atoms with Gasteiger partial charge in [0.25, 0.3) is 0 Å². The van der Waals surface area contributed by atoms with Gasteiger partial charge in [0.2, 0.25) is 23.6 Å². The monoisotopic (exact) mass is 557 g/mol. The minimum atomic E-state index is -1.42. The van der Waals surface area contributed by atoms with E-state index in [2.05, 4.69) is 25.9 Å². The van der Waals surface area contributed by atoms with E-state index in [-0.39, 0.29) is 56.6 Å². The molecule has 0 saturated carbocycles. The van der Waals surface area contributed by atoms with Crippen molar-refractivity contribution in [2.75, 3.05) is 13.1 Å². The van der Waals surface area contributed by atoms with Crippen LogP contribution >= 0.6 is 0 Å². The minimum Gasteiger partial charge on any atom is -0.480 e. The normalized spacial score (nSPS) is 13.7. The van der Waals surface area contributed by atoms with Crippen LogP contribution in [0.2, 0.25) is 0 Å². The average Bonchev–Trinajstić information content (AvgIpc) is 2.81. The minimum absolute atomic E-state index is 0.0294. The first-order valence-corrected chi connectivity index (χ1v) is 12.4. The van der Waals surface area contributed by atoms with Crippen LogP contribution < -0.4 is 50.4 Å². The van der Waals surface area contributed by atoms with E-state index in [1.54, 1.807) is 13.8 Å². The first kappa shape index (κ1) is 34.9. The van der Waals surface area contributed by atoms with Gasteiger partial charge in [-0.2, -0.15) is 0 Å². The number of nitrogens with one attached hydrogen (secondary N) is 3. The molecule has 0 radical (unpaired) electrons. The fourth-order valence-electron chi connectivity index (χ4n) is 3.35. The van der Waals surface area contributed by atoms with Crippen molar-refractivity contribution in [3.8, 4) is 0 Å². The van der Waals surface area contributed by atoms with Crippen LogP contribution in [0.25, 0.3) is 0 Å². The van der Waals surface area contributed by atoms with Crippen molar-refractivity contribution < 1.29 is 29.1 Å². The average molecular weight is 558 g/mol. The Kier molecular flexibility index (Phi) is 16.2. The van der Waals surface area contributed by atoms with Crippen molar-refractivity contribution >= 4 is 41.5 Å². The molecule has 39 heavy (non-hydrogen) atoms. The summed E-state index contributed by atoms with van der Waals surface area (Å²) in [5, 5.41) is 16.8. The van der Waals surface area contributed by atoms with Crippen molar-refractivity contribution in [1.29, 1.82) is 0 Å². The summed E-state index contributed by atoms with van der Waals surface area (Å²) >= 11 is 0. The van der Waals surface area contributed by atoms with Crippen LogP contribution in [-0.4, -0.2) is 83.9 Å². The number of guanidine groups is 2. The van der Waals surface area contributed by atoms with Gasteiger partial charge in [0.05, 0.1) is 12.5 Å². The molecule has 0 aliphatic rings. The number of hydrogen-bond donors (Lipinski definition) is 10. The fourth-order valence-corrected chi connectivity index (χ4v) is 3.35. The van der Waals surface area contributed by atoms with Gasteiger partial charge in [-0.1, -0.05) is 13.8 Å². The number of amides is 4. The lowest BCUT2D eigenvalue weighted by molar-refractivity contribution is -0.142. The molecule has 0 aromatic heterocycles. The third-order valence-electron chi connectivity index (χ3n) is 5.24. The number of nitrogens with two attached hydrogens (primary N) is 6. The molecular formula is C22H43N11O6. The zero-order valence-electron chi connectivity index (χ0n) is 22.4. The summed E-state index contributed by atoms with van der Waals surface area (Å²) < 4.78 is 0. The van der Waals surface area contributed by atoms with Crippen molar-refractivity contribution in [1.82, 2.24) is 16.0 Å². The molecule has 0 aliphatic carbocycles. The van der Waals surface area contributed by atoms with Crippen LogP contribution in [0.4, 0.5) is 0 Å². The second kappa shape index (κ2) is 18.2. The Balaban J connectivity index is 5.43. The number of nitrogens with zero attached hydrogens (tertiary/aromatic N) is 2. The van der Waals surface area contributed by atoms with E-state index in [0.717, 1.165) is 0 Å². The lowest BCUT2D eigenvalue weighted by Gasteiger charge is -2.25. The van der Waals surface area contributed by atoms with Crippen molar-refractivity contribution in [3.63, 3.8) is 0 Å². The van der Waals surface area contributed by atoms with E-state index >= 15 is 0 Å². The van der Waals surface area contributed by atoms with Gasteiger partial charge in [0.1, 0.15) is 18.1 Å². The summed E-state index contributed by atoms with van der Waals surface area (Å²) in [5.41, 5.74) is 32.1. The van der Waals surface area contributed by atoms with E-state index in [1.165, 1.54) is 0 Å². The van der Waals surface area contributed by atoms with Crippen molar-refractivity contribution in [2.24, 2.45) is 50.3 Å². The van der Waals surface area contributed by atoms with E-state index in [4.69, 9.17) is 34.4 Å². The third kappa shape index (κ3) is 16.3. The van der Waals surface area contributed by atoms with Gasteiger partial charge >= 0.3 is 5.97 Å². The van der Waals surface area contributed by atoms with E-state index in [0.29, 0.717) is 6.42 Å². The Bertz CT molecular complexity index is 901. The second-order valence-electron chi connectivity index (χ2n) is 9.33. The lowest BCUT2D eigenvalue weighted by Crippen LogP contribution is -2.58. The molecule has 16 N–H and O–H groups in total. The Morgan fingerprint density at radius 1 is 0.718 bits per heavy atom. The maximum absolute atomic E-state index is 13.0. The SMILES string of the molecule is CC(C)CC(NC(=O)C(CC(N)=O)NC(=O)C(N)CCCN=C(N)N)C(=O)NC(CCCN=C(N)N)C(=O)O. The summed E-state index contributed by atoms with van der Waals surface area (Å²) in [5.74, 6) is -4.85. The van der Waals surface area contributed by atoms with Crippen LogP contribution in [0.15, 0.2) is 9.98 Å². The zero-order valence-corrected chi connectivity index (χ0v) is 22.4. The molecule has 0 aromatic rings. The van der Waals surface area contributed by atoms with Gasteiger partial charge in [-0.3, -0.25) is 29.2 Å². The summed E-state index contributed by atoms with van der Waals surface area (Å²) in [6, 6.07) is -4.89. The van der Waals surface area contributed by atoms with Crippen LogP contribution in [0, 0.1) is 5.92 Å². The summed E-state index contributed by atoms with van der Waals surface area (Å²) in [7, 11) is 0. The molecule has 0 heterocycles. The van der Waals surface area contributed by atoms with Gasteiger partial charge in [0.15, 0.2) is 11.9 Å². The highest BCUT2D eigenvalue weighted by molar-refractivity contribution is 5.96. The van der Waals surface area contributed by atoms with Gasteiger partial charge in [-0.25, -0.2) is 4.79 Å². The topological polar surface area (TPSA) is 323 Å². The molecule has 4 unspecified atom stereocenters. The molecule has 4 atom stereocenters. The Morgan fingerprint density at radius 2 is 1.18 bits per heavy atom. The number of aliphatic imine (C=N–C) groups is 2. The molecule has 222 valence electrons. The van der Waals surface area contributed by atoms with Gasteiger partial charge in [-0.15, -0.1) is 0 Å². The molecule has 0 aliphatic heterocycles. The Morgan fingerprint density at radius 3 is 1.64 bits per heavy atom. The number of carbonyl (C=O) groups is 5. The summed E-state index contributed by atoms with van der Waals surface area (Å²) in [6.07, 6.45) is 0.450. The maximum Gasteiger partial charge on any atom is 0.326 e. The summed E-state index contributed by atoms with van der Waals surface area (Å²) in [6.45, 7) is 3.99. The maximum atomic E-state index is 13.0. The van der Waals surface area contributed by atoms with Crippen LogP contribution in [-0.2, 0) is 24.0 Å². The number of hydrogen-bond acceptors (Lipinski definition) is 8. The Labute approximate surface area is 226 Å². The number of aliphatic carboxylic acids is 1. The second-order valence-corrected chi connectivity index (χ2v) is 9.33. The Hall–Kier alpha value is -4.15. The predicted octanol–water partition coefficient (Wildman–Crippen LogP) is -4.12. The van der Waals surface area contributed by atoms with E-state index in [1.807, 2.05) is 0 Å². The number of carbonyl (C=O) groups excluding carboxylic acids is 4. The summed E-state index contributed by atoms with van der Waals surface area (Å²) in [4.78, 5) is 69.3. The van der Waals surface area contributed by atoms with E-state index < -0.39 is 60.2 Å². The lowest BCUT2D eigenvalue weighted by atomic mass is 10.0. The fraction of sp³-hybridized carbons (Fsp3) is 0.682. The van der Waals surface area contributed by atoms with Crippen LogP contribution in [0.5, 0.6) is 0 Å². The quantitative estimate of drug-likeness (QED) is 0.0413. The third-order valence-corrected chi connectivity index (χ3v) is 5.24. The van der Waals surface area contributed by atoms with Crippen molar-refractivity contribution in [3.05, 3.63) is 0 Å². The number of primary amides is 1. The molecule has 0 fully saturated rings. The van der Waals surface area contributed by atoms with Crippen molar-refractivity contribution in [2.45, 2.75) is 76.5 Å².